The lowest BCUT2D eigenvalue weighted by Gasteiger charge is -2.29. The molecule has 0 aromatic heterocycles. The van der Waals surface area contributed by atoms with Crippen LogP contribution < -0.4 is 11.1 Å². The summed E-state index contributed by atoms with van der Waals surface area (Å²) in [7, 11) is 0. The molecule has 2 atom stereocenters. The van der Waals surface area contributed by atoms with Crippen LogP contribution in [0.15, 0.2) is 54.6 Å². The second-order valence-corrected chi connectivity index (χ2v) is 5.15. The Morgan fingerprint density at radius 1 is 1.00 bits per heavy atom. The Morgan fingerprint density at radius 3 is 2.35 bits per heavy atom. The van der Waals surface area contributed by atoms with Crippen LogP contribution in [0.1, 0.15) is 11.6 Å². The van der Waals surface area contributed by atoms with E-state index in [2.05, 4.69) is 53.8 Å². The molecule has 0 aliphatic carbocycles. The fourth-order valence-corrected chi connectivity index (χ4v) is 2.58. The summed E-state index contributed by atoms with van der Waals surface area (Å²) >= 11 is 0. The lowest BCUT2D eigenvalue weighted by molar-refractivity contribution is 0.0685. The van der Waals surface area contributed by atoms with E-state index in [1.807, 2.05) is 6.07 Å². The van der Waals surface area contributed by atoms with Gasteiger partial charge in [-0.15, -0.1) is 0 Å². The maximum Gasteiger partial charge on any atom is 0.0638 e. The number of morpholine rings is 1. The minimum Gasteiger partial charge on any atom is -0.378 e. The van der Waals surface area contributed by atoms with E-state index in [-0.39, 0.29) is 12.1 Å². The van der Waals surface area contributed by atoms with Crippen molar-refractivity contribution in [3.05, 3.63) is 60.2 Å². The monoisotopic (exact) mass is 268 g/mol. The highest BCUT2D eigenvalue weighted by Gasteiger charge is 2.21. The molecule has 0 amide bonds. The number of hydrogen-bond donors (Lipinski definition) is 2. The second-order valence-electron chi connectivity index (χ2n) is 5.15. The third-order valence-electron chi connectivity index (χ3n) is 3.79. The minimum atomic E-state index is -0.0277. The lowest BCUT2D eigenvalue weighted by atomic mass is 9.97. The molecule has 1 fully saturated rings. The second kappa shape index (κ2) is 6.18. The van der Waals surface area contributed by atoms with Gasteiger partial charge in [-0.25, -0.2) is 0 Å². The average molecular weight is 268 g/mol. The molecule has 2 aromatic carbocycles. The average Bonchev–Trinajstić information content (AvgIpc) is 2.56. The summed E-state index contributed by atoms with van der Waals surface area (Å²) in [5.41, 5.74) is 9.91. The summed E-state index contributed by atoms with van der Waals surface area (Å²) in [5.74, 6) is 0. The molecule has 1 saturated heterocycles. The van der Waals surface area contributed by atoms with Crippen LogP contribution in [0.25, 0.3) is 11.1 Å². The highest BCUT2D eigenvalue weighted by atomic mass is 16.5. The fraction of sp³-hybridized carbons (Fsp3) is 0.294. The van der Waals surface area contributed by atoms with Crippen LogP contribution >= 0.6 is 0 Å². The van der Waals surface area contributed by atoms with Crippen molar-refractivity contribution in [3.63, 3.8) is 0 Å². The molecule has 0 spiro atoms. The van der Waals surface area contributed by atoms with Gasteiger partial charge in [-0.05, 0) is 16.7 Å². The molecule has 0 bridgehead atoms. The first-order valence-electron chi connectivity index (χ1n) is 7.07. The van der Waals surface area contributed by atoms with Crippen molar-refractivity contribution in [2.45, 2.75) is 12.1 Å². The largest absolute Gasteiger partial charge is 0.378 e. The van der Waals surface area contributed by atoms with E-state index >= 15 is 0 Å². The van der Waals surface area contributed by atoms with Gasteiger partial charge in [0.05, 0.1) is 13.2 Å². The van der Waals surface area contributed by atoms with Crippen molar-refractivity contribution in [2.75, 3.05) is 19.8 Å². The summed E-state index contributed by atoms with van der Waals surface area (Å²) in [6.45, 7) is 2.33. The van der Waals surface area contributed by atoms with Gasteiger partial charge in [0.25, 0.3) is 0 Å². The fourth-order valence-electron chi connectivity index (χ4n) is 2.58. The number of ether oxygens (including phenoxy) is 1. The first-order chi connectivity index (χ1) is 9.84. The van der Waals surface area contributed by atoms with Gasteiger partial charge in [0.15, 0.2) is 0 Å². The first kappa shape index (κ1) is 13.3. The zero-order valence-corrected chi connectivity index (χ0v) is 11.5. The number of nitrogens with two attached hydrogens (primary N) is 1. The molecule has 2 aromatic rings. The number of hydrogen-bond acceptors (Lipinski definition) is 3. The van der Waals surface area contributed by atoms with Gasteiger partial charge < -0.3 is 15.8 Å². The van der Waals surface area contributed by atoms with Gasteiger partial charge in [0.1, 0.15) is 0 Å². The van der Waals surface area contributed by atoms with Crippen LogP contribution in [0.2, 0.25) is 0 Å². The molecule has 0 saturated carbocycles. The molecule has 104 valence electrons. The van der Waals surface area contributed by atoms with Crippen molar-refractivity contribution in [1.82, 2.24) is 5.32 Å². The first-order valence-corrected chi connectivity index (χ1v) is 7.07. The molecule has 1 aliphatic rings. The van der Waals surface area contributed by atoms with Gasteiger partial charge in [-0.2, -0.15) is 0 Å². The molecule has 0 radical (unpaired) electrons. The topological polar surface area (TPSA) is 47.3 Å². The van der Waals surface area contributed by atoms with E-state index in [1.54, 1.807) is 0 Å². The molecule has 3 rings (SSSR count). The summed E-state index contributed by atoms with van der Waals surface area (Å²) in [6.07, 6.45) is 0. The molecular weight excluding hydrogens is 248 g/mol. The van der Waals surface area contributed by atoms with Gasteiger partial charge in [-0.1, -0.05) is 54.6 Å². The van der Waals surface area contributed by atoms with Gasteiger partial charge in [0, 0.05) is 18.6 Å². The normalized spacial score (nSPS) is 20.6. The quantitative estimate of drug-likeness (QED) is 0.898. The van der Waals surface area contributed by atoms with E-state index in [0.29, 0.717) is 6.61 Å². The van der Waals surface area contributed by atoms with Crippen molar-refractivity contribution in [1.29, 1.82) is 0 Å². The smallest absolute Gasteiger partial charge is 0.0638 e. The molecule has 3 N–H and O–H groups in total. The summed E-state index contributed by atoms with van der Waals surface area (Å²) in [6, 6.07) is 19.0. The predicted octanol–water partition coefficient (Wildman–Crippen LogP) is 2.34. The Kier molecular flexibility index (Phi) is 4.11. The van der Waals surface area contributed by atoms with Crippen LogP contribution in [0.3, 0.4) is 0 Å². The molecule has 1 aliphatic heterocycles. The van der Waals surface area contributed by atoms with E-state index < -0.39 is 0 Å². The summed E-state index contributed by atoms with van der Waals surface area (Å²) in [5, 5.41) is 3.41. The Morgan fingerprint density at radius 2 is 1.70 bits per heavy atom. The van der Waals surface area contributed by atoms with Gasteiger partial charge >= 0.3 is 0 Å². The molecule has 2 unspecified atom stereocenters. The highest BCUT2D eigenvalue weighted by Crippen LogP contribution is 2.22. The zero-order valence-electron chi connectivity index (χ0n) is 11.5. The van der Waals surface area contributed by atoms with Crippen LogP contribution in [0.4, 0.5) is 0 Å². The van der Waals surface area contributed by atoms with E-state index in [0.717, 1.165) is 18.7 Å². The Labute approximate surface area is 119 Å². The maximum absolute atomic E-state index is 6.32. The Balaban J connectivity index is 1.75. The number of benzene rings is 2. The SMILES string of the molecule is NC(c1ccc(-c2ccccc2)cc1)C1COCCN1. The van der Waals surface area contributed by atoms with Crippen molar-refractivity contribution in [3.8, 4) is 11.1 Å². The zero-order chi connectivity index (χ0) is 13.8. The van der Waals surface area contributed by atoms with Crippen LogP contribution in [-0.4, -0.2) is 25.8 Å². The van der Waals surface area contributed by atoms with Crippen molar-refractivity contribution >= 4 is 0 Å². The van der Waals surface area contributed by atoms with Crippen LogP contribution in [0.5, 0.6) is 0 Å². The van der Waals surface area contributed by atoms with Gasteiger partial charge in [-0.3, -0.25) is 0 Å². The lowest BCUT2D eigenvalue weighted by Crippen LogP contribution is -2.47. The molecule has 3 nitrogen and oxygen atoms in total. The third-order valence-corrected chi connectivity index (χ3v) is 3.79. The standard InChI is InChI=1S/C17H20N2O/c18-17(16-12-20-11-10-19-16)15-8-6-14(7-9-15)13-4-2-1-3-5-13/h1-9,16-17,19H,10-12,18H2. The molecule has 1 heterocycles. The van der Waals surface area contributed by atoms with Gasteiger partial charge in [0.2, 0.25) is 0 Å². The van der Waals surface area contributed by atoms with E-state index in [1.165, 1.54) is 11.1 Å². The van der Waals surface area contributed by atoms with Crippen LogP contribution in [0, 0.1) is 0 Å². The molecule has 20 heavy (non-hydrogen) atoms. The maximum atomic E-state index is 6.32. The van der Waals surface area contributed by atoms with Crippen LogP contribution in [-0.2, 0) is 4.74 Å². The van der Waals surface area contributed by atoms with Crippen molar-refractivity contribution < 1.29 is 4.74 Å². The summed E-state index contributed by atoms with van der Waals surface area (Å²) < 4.78 is 5.48. The highest BCUT2D eigenvalue weighted by molar-refractivity contribution is 5.63. The summed E-state index contributed by atoms with van der Waals surface area (Å²) in [4.78, 5) is 0. The molecule has 3 heteroatoms. The van der Waals surface area contributed by atoms with Crippen molar-refractivity contribution in [2.24, 2.45) is 5.73 Å². The number of rotatable bonds is 3. The molecular formula is C17H20N2O. The Hall–Kier alpha value is -1.68. The number of nitrogens with one attached hydrogen (secondary N) is 1. The van der Waals surface area contributed by atoms with E-state index in [4.69, 9.17) is 10.5 Å². The predicted molar refractivity (Wildman–Crippen MR) is 81.4 cm³/mol. The third kappa shape index (κ3) is 2.90. The minimum absolute atomic E-state index is 0.0277. The van der Waals surface area contributed by atoms with E-state index in [9.17, 15) is 0 Å². The Bertz CT molecular complexity index is 533.